The summed E-state index contributed by atoms with van der Waals surface area (Å²) < 4.78 is 5.30. The van der Waals surface area contributed by atoms with Crippen LogP contribution in [0.2, 0.25) is 0 Å². The van der Waals surface area contributed by atoms with Crippen LogP contribution in [0.1, 0.15) is 30.3 Å². The Morgan fingerprint density at radius 3 is 2.83 bits per heavy atom. The first-order valence-electron chi connectivity index (χ1n) is 5.70. The number of oxazole rings is 1. The van der Waals surface area contributed by atoms with Gasteiger partial charge in [0.2, 0.25) is 0 Å². The lowest BCUT2D eigenvalue weighted by atomic mass is 10.4. The van der Waals surface area contributed by atoms with Crippen LogP contribution in [0, 0.1) is 6.92 Å². The maximum Gasteiger partial charge on any atom is 0.262 e. The molecule has 0 aromatic carbocycles. The number of hydrazine groups is 1. The Labute approximate surface area is 108 Å². The van der Waals surface area contributed by atoms with Gasteiger partial charge in [0.25, 0.3) is 5.22 Å². The molecule has 0 spiro atoms. The van der Waals surface area contributed by atoms with Crippen molar-refractivity contribution in [3.8, 4) is 0 Å². The molecule has 0 bridgehead atoms. The number of nitrogens with two attached hydrogens (primary N) is 1. The van der Waals surface area contributed by atoms with E-state index in [2.05, 4.69) is 20.4 Å². The SMILES string of the molecule is Cc1coc(Sc2cc(NN)nc(C3CC3)n2)n1. The van der Waals surface area contributed by atoms with E-state index in [1.54, 1.807) is 12.3 Å². The first-order chi connectivity index (χ1) is 8.74. The highest BCUT2D eigenvalue weighted by Crippen LogP contribution is 2.39. The van der Waals surface area contributed by atoms with Crippen molar-refractivity contribution in [3.05, 3.63) is 23.8 Å². The second-order valence-electron chi connectivity index (χ2n) is 4.23. The molecule has 7 heteroatoms. The summed E-state index contributed by atoms with van der Waals surface area (Å²) >= 11 is 1.37. The molecule has 3 N–H and O–H groups in total. The molecule has 0 atom stereocenters. The van der Waals surface area contributed by atoms with E-state index in [1.807, 2.05) is 6.92 Å². The van der Waals surface area contributed by atoms with Gasteiger partial charge in [0.05, 0.1) is 5.69 Å². The number of nitrogens with one attached hydrogen (secondary N) is 1. The molecular weight excluding hydrogens is 250 g/mol. The molecule has 0 aliphatic heterocycles. The summed E-state index contributed by atoms with van der Waals surface area (Å²) in [6.07, 6.45) is 3.92. The van der Waals surface area contributed by atoms with Crippen LogP contribution in [0.15, 0.2) is 27.0 Å². The molecule has 1 saturated carbocycles. The van der Waals surface area contributed by atoms with E-state index in [0.29, 0.717) is 17.0 Å². The van der Waals surface area contributed by atoms with Crippen molar-refractivity contribution in [2.24, 2.45) is 5.84 Å². The van der Waals surface area contributed by atoms with Gasteiger partial charge in [-0.1, -0.05) is 0 Å². The van der Waals surface area contributed by atoms with Gasteiger partial charge in [0.1, 0.15) is 22.9 Å². The van der Waals surface area contributed by atoms with Crippen LogP contribution in [0.3, 0.4) is 0 Å². The van der Waals surface area contributed by atoms with Gasteiger partial charge in [-0.2, -0.15) is 0 Å². The molecule has 1 aliphatic carbocycles. The summed E-state index contributed by atoms with van der Waals surface area (Å²) in [5, 5.41) is 1.37. The second kappa shape index (κ2) is 4.58. The van der Waals surface area contributed by atoms with Crippen molar-refractivity contribution >= 4 is 17.6 Å². The Kier molecular flexibility index (Phi) is 2.92. The molecule has 2 aromatic rings. The zero-order valence-electron chi connectivity index (χ0n) is 9.88. The van der Waals surface area contributed by atoms with E-state index >= 15 is 0 Å². The zero-order valence-corrected chi connectivity index (χ0v) is 10.7. The van der Waals surface area contributed by atoms with Crippen LogP contribution in [0.5, 0.6) is 0 Å². The van der Waals surface area contributed by atoms with Gasteiger partial charge in [-0.3, -0.25) is 0 Å². The van der Waals surface area contributed by atoms with Gasteiger partial charge < -0.3 is 9.84 Å². The number of anilines is 1. The van der Waals surface area contributed by atoms with Crippen LogP contribution in [0.25, 0.3) is 0 Å². The number of aryl methyl sites for hydroxylation is 1. The normalized spacial score (nSPS) is 14.8. The van der Waals surface area contributed by atoms with Crippen LogP contribution in [-0.4, -0.2) is 15.0 Å². The van der Waals surface area contributed by atoms with E-state index in [0.717, 1.165) is 29.4 Å². The number of hydrogen-bond donors (Lipinski definition) is 2. The number of aromatic nitrogens is 3. The minimum Gasteiger partial charge on any atom is -0.439 e. The van der Waals surface area contributed by atoms with Crippen molar-refractivity contribution in [3.63, 3.8) is 0 Å². The summed E-state index contributed by atoms with van der Waals surface area (Å²) in [6.45, 7) is 1.88. The standard InChI is InChI=1S/C11H13N5OS/c1-6-5-17-11(13-6)18-9-4-8(16-12)14-10(15-9)7-2-3-7/h4-5,7H,2-3,12H2,1H3,(H,14,15,16). The van der Waals surface area contributed by atoms with E-state index in [4.69, 9.17) is 10.3 Å². The predicted octanol–water partition coefficient (Wildman–Crippen LogP) is 2.09. The predicted molar refractivity (Wildman–Crippen MR) is 67.2 cm³/mol. The third-order valence-corrected chi connectivity index (χ3v) is 3.38. The van der Waals surface area contributed by atoms with Crippen molar-refractivity contribution < 1.29 is 4.42 Å². The minimum absolute atomic E-state index is 0.476. The van der Waals surface area contributed by atoms with E-state index in [9.17, 15) is 0 Å². The molecule has 0 unspecified atom stereocenters. The number of nitrogens with zero attached hydrogens (tertiary/aromatic N) is 3. The quantitative estimate of drug-likeness (QED) is 0.496. The lowest BCUT2D eigenvalue weighted by Gasteiger charge is -2.05. The molecule has 0 saturated heterocycles. The second-order valence-corrected chi connectivity index (χ2v) is 5.20. The molecule has 18 heavy (non-hydrogen) atoms. The van der Waals surface area contributed by atoms with Crippen LogP contribution < -0.4 is 11.3 Å². The van der Waals surface area contributed by atoms with Gasteiger partial charge in [-0.05, 0) is 31.5 Å². The van der Waals surface area contributed by atoms with Crippen molar-refractivity contribution in [2.75, 3.05) is 5.43 Å². The van der Waals surface area contributed by atoms with E-state index in [-0.39, 0.29) is 0 Å². The Hall–Kier alpha value is -1.60. The highest BCUT2D eigenvalue weighted by atomic mass is 32.2. The zero-order chi connectivity index (χ0) is 12.5. The highest BCUT2D eigenvalue weighted by molar-refractivity contribution is 7.99. The summed E-state index contributed by atoms with van der Waals surface area (Å²) in [4.78, 5) is 13.1. The lowest BCUT2D eigenvalue weighted by molar-refractivity contribution is 0.453. The molecule has 94 valence electrons. The average Bonchev–Trinajstić information content (AvgIpc) is 3.14. The van der Waals surface area contributed by atoms with Crippen LogP contribution in [0.4, 0.5) is 5.82 Å². The third kappa shape index (κ3) is 2.46. The highest BCUT2D eigenvalue weighted by Gasteiger charge is 2.27. The van der Waals surface area contributed by atoms with Gasteiger partial charge in [-0.25, -0.2) is 20.8 Å². The molecule has 0 amide bonds. The van der Waals surface area contributed by atoms with Gasteiger partial charge in [-0.15, -0.1) is 0 Å². The molecule has 2 aromatic heterocycles. The van der Waals surface area contributed by atoms with Gasteiger partial charge in [0.15, 0.2) is 0 Å². The van der Waals surface area contributed by atoms with E-state index in [1.165, 1.54) is 11.8 Å². The molecular formula is C11H13N5OS. The Morgan fingerprint density at radius 2 is 2.22 bits per heavy atom. The van der Waals surface area contributed by atoms with Crippen molar-refractivity contribution in [1.82, 2.24) is 15.0 Å². The number of nitrogen functional groups attached to an aromatic ring is 1. The minimum atomic E-state index is 0.476. The molecule has 2 heterocycles. The Bertz CT molecular complexity index is 566. The topological polar surface area (TPSA) is 89.9 Å². The fourth-order valence-electron chi connectivity index (χ4n) is 1.56. The number of hydrogen-bond acceptors (Lipinski definition) is 7. The van der Waals surface area contributed by atoms with Gasteiger partial charge in [0, 0.05) is 12.0 Å². The number of rotatable bonds is 4. The Balaban J connectivity index is 1.88. The Morgan fingerprint density at radius 1 is 1.39 bits per heavy atom. The molecule has 1 aliphatic rings. The van der Waals surface area contributed by atoms with Crippen molar-refractivity contribution in [2.45, 2.75) is 35.9 Å². The maximum absolute atomic E-state index is 5.42. The first kappa shape index (κ1) is 11.5. The summed E-state index contributed by atoms with van der Waals surface area (Å²) in [5.74, 6) is 7.36. The largest absolute Gasteiger partial charge is 0.439 e. The monoisotopic (exact) mass is 263 g/mol. The summed E-state index contributed by atoms with van der Waals surface area (Å²) in [7, 11) is 0. The fourth-order valence-corrected chi connectivity index (χ4v) is 2.34. The van der Waals surface area contributed by atoms with E-state index < -0.39 is 0 Å². The summed E-state index contributed by atoms with van der Waals surface area (Å²) in [6, 6.07) is 1.79. The van der Waals surface area contributed by atoms with Crippen molar-refractivity contribution in [1.29, 1.82) is 0 Å². The maximum atomic E-state index is 5.42. The average molecular weight is 263 g/mol. The van der Waals surface area contributed by atoms with Crippen LogP contribution >= 0.6 is 11.8 Å². The fraction of sp³-hybridized carbons (Fsp3) is 0.364. The molecule has 6 nitrogen and oxygen atoms in total. The van der Waals surface area contributed by atoms with Gasteiger partial charge >= 0.3 is 0 Å². The smallest absolute Gasteiger partial charge is 0.262 e. The van der Waals surface area contributed by atoms with Crippen LogP contribution in [-0.2, 0) is 0 Å². The molecule has 1 fully saturated rings. The first-order valence-corrected chi connectivity index (χ1v) is 6.52. The third-order valence-electron chi connectivity index (χ3n) is 2.60. The summed E-state index contributed by atoms with van der Waals surface area (Å²) in [5.41, 5.74) is 3.42. The molecule has 0 radical (unpaired) electrons. The lowest BCUT2D eigenvalue weighted by Crippen LogP contribution is -2.10. The molecule has 3 rings (SSSR count).